The number of aliphatic hydroxyl groups excluding tert-OH is 1. The van der Waals surface area contributed by atoms with Gasteiger partial charge in [-0.05, 0) is 39.2 Å². The molecule has 0 radical (unpaired) electrons. The molecule has 1 aliphatic carbocycles. The first-order valence-electron chi connectivity index (χ1n) is 6.24. The largest absolute Gasteiger partial charge is 0.392 e. The highest BCUT2D eigenvalue weighted by Crippen LogP contribution is 2.32. The summed E-state index contributed by atoms with van der Waals surface area (Å²) in [5.74, 6) is 0. The fourth-order valence-electron chi connectivity index (χ4n) is 2.14. The molecule has 1 saturated carbocycles. The molecule has 1 N–H and O–H groups in total. The van der Waals surface area contributed by atoms with Crippen LogP contribution in [0, 0.1) is 20.8 Å². The summed E-state index contributed by atoms with van der Waals surface area (Å²) < 4.78 is 0. The minimum atomic E-state index is -0.195. The van der Waals surface area contributed by atoms with Crippen LogP contribution in [0.4, 0.5) is 0 Å². The van der Waals surface area contributed by atoms with E-state index < -0.39 is 0 Å². The Hall–Kier alpha value is -0.610. The van der Waals surface area contributed by atoms with Gasteiger partial charge in [0.1, 0.15) is 0 Å². The number of nitrogens with zero attached hydrogens (tertiary/aromatic N) is 2. The van der Waals surface area contributed by atoms with Crippen LogP contribution >= 0.6 is 11.8 Å². The average Bonchev–Trinajstić information content (AvgIpc) is 2.29. The van der Waals surface area contributed by atoms with Crippen molar-refractivity contribution < 1.29 is 5.11 Å². The van der Waals surface area contributed by atoms with E-state index in [-0.39, 0.29) is 11.4 Å². The Morgan fingerprint density at radius 3 is 2.24 bits per heavy atom. The molecule has 0 saturated heterocycles. The highest BCUT2D eigenvalue weighted by molar-refractivity contribution is 7.99. The van der Waals surface area contributed by atoms with Crippen LogP contribution in [0.2, 0.25) is 0 Å². The van der Waals surface area contributed by atoms with Crippen molar-refractivity contribution in [1.29, 1.82) is 0 Å². The van der Waals surface area contributed by atoms with Crippen molar-refractivity contribution in [2.24, 2.45) is 0 Å². The smallest absolute Gasteiger partial charge is 0.188 e. The molecule has 17 heavy (non-hydrogen) atoms. The van der Waals surface area contributed by atoms with E-state index >= 15 is 0 Å². The normalized spacial score (nSPS) is 24.9. The summed E-state index contributed by atoms with van der Waals surface area (Å²) in [6, 6.07) is 0. The molecule has 3 nitrogen and oxygen atoms in total. The molecule has 4 heteroatoms. The minimum absolute atomic E-state index is 0.195. The SMILES string of the molecule is Cc1nc(S[C@H]2CCCC[C@@H]2O)nc(C)c1C. The summed E-state index contributed by atoms with van der Waals surface area (Å²) in [6.45, 7) is 6.09. The Morgan fingerprint density at radius 2 is 1.65 bits per heavy atom. The van der Waals surface area contributed by atoms with Gasteiger partial charge in [-0.25, -0.2) is 9.97 Å². The van der Waals surface area contributed by atoms with Gasteiger partial charge >= 0.3 is 0 Å². The average molecular weight is 252 g/mol. The van der Waals surface area contributed by atoms with Crippen LogP contribution < -0.4 is 0 Å². The van der Waals surface area contributed by atoms with Gasteiger partial charge in [0.2, 0.25) is 0 Å². The molecule has 0 bridgehead atoms. The fourth-order valence-corrected chi connectivity index (χ4v) is 3.37. The second kappa shape index (κ2) is 5.36. The van der Waals surface area contributed by atoms with Crippen molar-refractivity contribution in [2.45, 2.75) is 63.0 Å². The van der Waals surface area contributed by atoms with Gasteiger partial charge in [-0.1, -0.05) is 24.6 Å². The molecule has 2 atom stereocenters. The van der Waals surface area contributed by atoms with Gasteiger partial charge in [0.05, 0.1) is 6.10 Å². The zero-order valence-electron chi connectivity index (χ0n) is 10.7. The van der Waals surface area contributed by atoms with Gasteiger partial charge in [-0.15, -0.1) is 0 Å². The predicted octanol–water partition coefficient (Wildman–Crippen LogP) is 2.80. The topological polar surface area (TPSA) is 46.0 Å². The molecule has 0 aliphatic heterocycles. The summed E-state index contributed by atoms with van der Waals surface area (Å²) in [5.41, 5.74) is 3.26. The summed E-state index contributed by atoms with van der Waals surface area (Å²) in [4.78, 5) is 9.01. The molecule has 1 aromatic heterocycles. The van der Waals surface area contributed by atoms with Gasteiger partial charge in [0, 0.05) is 16.6 Å². The van der Waals surface area contributed by atoms with Crippen LogP contribution in [0.1, 0.15) is 42.6 Å². The Labute approximate surface area is 107 Å². The summed E-state index contributed by atoms with van der Waals surface area (Å²) in [5, 5.41) is 11.0. The van der Waals surface area contributed by atoms with Crippen LogP contribution in [0.15, 0.2) is 5.16 Å². The number of aryl methyl sites for hydroxylation is 2. The first kappa shape index (κ1) is 12.8. The van der Waals surface area contributed by atoms with Crippen LogP contribution in [-0.4, -0.2) is 26.4 Å². The number of aliphatic hydroxyl groups is 1. The maximum atomic E-state index is 9.95. The fraction of sp³-hybridized carbons (Fsp3) is 0.692. The van der Waals surface area contributed by atoms with Gasteiger partial charge in [-0.3, -0.25) is 0 Å². The Morgan fingerprint density at radius 1 is 1.06 bits per heavy atom. The lowest BCUT2D eigenvalue weighted by atomic mass is 9.97. The molecular weight excluding hydrogens is 232 g/mol. The van der Waals surface area contributed by atoms with Crippen molar-refractivity contribution in [3.8, 4) is 0 Å². The second-order valence-electron chi connectivity index (χ2n) is 4.81. The van der Waals surface area contributed by atoms with E-state index in [0.29, 0.717) is 0 Å². The quantitative estimate of drug-likeness (QED) is 0.822. The van der Waals surface area contributed by atoms with Crippen LogP contribution in [0.25, 0.3) is 0 Å². The van der Waals surface area contributed by atoms with Crippen LogP contribution in [0.3, 0.4) is 0 Å². The summed E-state index contributed by atoms with van der Waals surface area (Å²) >= 11 is 1.64. The first-order chi connectivity index (χ1) is 8.08. The van der Waals surface area contributed by atoms with Crippen molar-refractivity contribution in [3.63, 3.8) is 0 Å². The predicted molar refractivity (Wildman–Crippen MR) is 70.4 cm³/mol. The standard InChI is InChI=1S/C13H20N2OS/c1-8-9(2)14-13(15-10(8)3)17-12-7-5-4-6-11(12)16/h11-12,16H,4-7H2,1-3H3/t11-,12-/m0/s1. The zero-order valence-corrected chi connectivity index (χ0v) is 11.5. The van der Waals surface area contributed by atoms with Gasteiger partial charge in [0.25, 0.3) is 0 Å². The molecule has 0 aromatic carbocycles. The van der Waals surface area contributed by atoms with Crippen molar-refractivity contribution >= 4 is 11.8 Å². The third-order valence-corrected chi connectivity index (χ3v) is 4.78. The lowest BCUT2D eigenvalue weighted by Gasteiger charge is -2.26. The summed E-state index contributed by atoms with van der Waals surface area (Å²) in [6.07, 6.45) is 4.14. The molecule has 0 amide bonds. The maximum absolute atomic E-state index is 9.95. The molecule has 1 aromatic rings. The maximum Gasteiger partial charge on any atom is 0.188 e. The lowest BCUT2D eigenvalue weighted by Crippen LogP contribution is -2.27. The molecule has 0 spiro atoms. The molecule has 2 rings (SSSR count). The minimum Gasteiger partial charge on any atom is -0.392 e. The first-order valence-corrected chi connectivity index (χ1v) is 7.12. The highest BCUT2D eigenvalue weighted by atomic mass is 32.2. The molecule has 1 heterocycles. The van der Waals surface area contributed by atoms with E-state index in [1.807, 2.05) is 13.8 Å². The van der Waals surface area contributed by atoms with E-state index in [1.54, 1.807) is 11.8 Å². The number of rotatable bonds is 2. The molecule has 94 valence electrons. The Bertz CT molecular complexity index is 385. The van der Waals surface area contributed by atoms with E-state index in [4.69, 9.17) is 0 Å². The number of hydrogen-bond donors (Lipinski definition) is 1. The Kier molecular flexibility index (Phi) is 4.05. The zero-order chi connectivity index (χ0) is 12.4. The lowest BCUT2D eigenvalue weighted by molar-refractivity contribution is 0.137. The number of aromatic nitrogens is 2. The van der Waals surface area contributed by atoms with E-state index in [2.05, 4.69) is 16.9 Å². The number of hydrogen-bond acceptors (Lipinski definition) is 4. The Balaban J connectivity index is 2.12. The van der Waals surface area contributed by atoms with Crippen LogP contribution in [0.5, 0.6) is 0 Å². The highest BCUT2D eigenvalue weighted by Gasteiger charge is 2.25. The van der Waals surface area contributed by atoms with Gasteiger partial charge in [-0.2, -0.15) is 0 Å². The van der Waals surface area contributed by atoms with E-state index in [9.17, 15) is 5.11 Å². The monoisotopic (exact) mass is 252 g/mol. The molecule has 1 aliphatic rings. The summed E-state index contributed by atoms with van der Waals surface area (Å²) in [7, 11) is 0. The van der Waals surface area contributed by atoms with Gasteiger partial charge < -0.3 is 5.11 Å². The third kappa shape index (κ3) is 2.99. The third-order valence-electron chi connectivity index (χ3n) is 3.54. The molecular formula is C13H20N2OS. The van der Waals surface area contributed by atoms with Crippen LogP contribution in [-0.2, 0) is 0 Å². The molecule has 1 fully saturated rings. The van der Waals surface area contributed by atoms with Crippen molar-refractivity contribution in [3.05, 3.63) is 17.0 Å². The van der Waals surface area contributed by atoms with Gasteiger partial charge in [0.15, 0.2) is 5.16 Å². The van der Waals surface area contributed by atoms with Crippen molar-refractivity contribution in [2.75, 3.05) is 0 Å². The number of thioether (sulfide) groups is 1. The van der Waals surface area contributed by atoms with E-state index in [1.165, 1.54) is 12.0 Å². The van der Waals surface area contributed by atoms with E-state index in [0.717, 1.165) is 35.8 Å². The molecule has 0 unspecified atom stereocenters. The van der Waals surface area contributed by atoms with Crippen molar-refractivity contribution in [1.82, 2.24) is 9.97 Å². The second-order valence-corrected chi connectivity index (χ2v) is 6.02.